The summed E-state index contributed by atoms with van der Waals surface area (Å²) in [5.41, 5.74) is 1.23. The summed E-state index contributed by atoms with van der Waals surface area (Å²) in [5, 5.41) is 23.0. The minimum absolute atomic E-state index is 0.156. The van der Waals surface area contributed by atoms with Crippen molar-refractivity contribution >= 4 is 46.3 Å². The number of carbonyl (C=O) groups is 1. The first-order chi connectivity index (χ1) is 13.8. The molecule has 150 valence electrons. The van der Waals surface area contributed by atoms with Gasteiger partial charge in [-0.3, -0.25) is 14.9 Å². The molecule has 2 aromatic carbocycles. The van der Waals surface area contributed by atoms with E-state index in [1.165, 1.54) is 24.5 Å². The standard InChI is InChI=1S/C18H17ClN6O3S/c1-23(2)14-6-5-12(19)9-13(14)21-17(26)11-4-7-16(15(8-11)25(27)28)29-18-22-20-10-24(18)3/h4-10H,1-3H3,(H,21,26). The van der Waals surface area contributed by atoms with E-state index in [9.17, 15) is 14.9 Å². The molecule has 1 aromatic heterocycles. The molecule has 3 rings (SSSR count). The molecule has 0 bridgehead atoms. The molecule has 0 fully saturated rings. The Morgan fingerprint density at radius 3 is 2.66 bits per heavy atom. The third-order valence-electron chi connectivity index (χ3n) is 3.98. The predicted octanol–water partition coefficient (Wildman–Crippen LogP) is 3.85. The molecule has 0 spiro atoms. The van der Waals surface area contributed by atoms with Crippen LogP contribution in [-0.2, 0) is 7.05 Å². The van der Waals surface area contributed by atoms with E-state index in [0.29, 0.717) is 20.8 Å². The molecule has 3 aromatic rings. The second-order valence-corrected chi connectivity index (χ2v) is 7.72. The fraction of sp³-hybridized carbons (Fsp3) is 0.167. The number of hydrogen-bond donors (Lipinski definition) is 1. The van der Waals surface area contributed by atoms with Crippen molar-refractivity contribution in [1.29, 1.82) is 0 Å². The summed E-state index contributed by atoms with van der Waals surface area (Å²) < 4.78 is 1.65. The number of aryl methyl sites for hydroxylation is 1. The van der Waals surface area contributed by atoms with Crippen LogP contribution >= 0.6 is 23.4 Å². The summed E-state index contributed by atoms with van der Waals surface area (Å²) in [6.45, 7) is 0. The van der Waals surface area contributed by atoms with E-state index in [1.807, 2.05) is 19.0 Å². The lowest BCUT2D eigenvalue weighted by Gasteiger charge is -2.18. The molecule has 0 aliphatic heterocycles. The fourth-order valence-electron chi connectivity index (χ4n) is 2.54. The summed E-state index contributed by atoms with van der Waals surface area (Å²) >= 11 is 7.14. The Kier molecular flexibility index (Phi) is 6.04. The number of nitrogens with one attached hydrogen (secondary N) is 1. The number of nitrogens with zero attached hydrogens (tertiary/aromatic N) is 5. The molecule has 1 heterocycles. The highest BCUT2D eigenvalue weighted by molar-refractivity contribution is 7.99. The van der Waals surface area contributed by atoms with Gasteiger partial charge in [0.2, 0.25) is 0 Å². The van der Waals surface area contributed by atoms with Gasteiger partial charge in [0.25, 0.3) is 11.6 Å². The Hall–Kier alpha value is -3.11. The molecule has 9 nitrogen and oxygen atoms in total. The number of rotatable bonds is 6. The summed E-state index contributed by atoms with van der Waals surface area (Å²) in [5.74, 6) is -0.478. The molecule has 0 saturated heterocycles. The molecule has 1 N–H and O–H groups in total. The lowest BCUT2D eigenvalue weighted by atomic mass is 10.1. The average molecular weight is 433 g/mol. The number of aromatic nitrogens is 3. The first kappa shape index (κ1) is 20.6. The van der Waals surface area contributed by atoms with Gasteiger partial charge in [-0.2, -0.15) is 0 Å². The normalized spacial score (nSPS) is 10.6. The summed E-state index contributed by atoms with van der Waals surface area (Å²) in [6.07, 6.45) is 1.50. The maximum Gasteiger partial charge on any atom is 0.284 e. The molecule has 0 radical (unpaired) electrons. The number of benzene rings is 2. The van der Waals surface area contributed by atoms with Crippen molar-refractivity contribution in [3.8, 4) is 0 Å². The molecular weight excluding hydrogens is 416 g/mol. The number of amides is 1. The van der Waals surface area contributed by atoms with Crippen LogP contribution in [0.4, 0.5) is 17.1 Å². The van der Waals surface area contributed by atoms with E-state index in [0.717, 1.165) is 17.4 Å². The first-order valence-corrected chi connectivity index (χ1v) is 9.54. The maximum absolute atomic E-state index is 12.7. The zero-order chi connectivity index (χ0) is 21.1. The minimum atomic E-state index is -0.528. The molecule has 0 aliphatic carbocycles. The van der Waals surface area contributed by atoms with Crippen LogP contribution in [0.1, 0.15) is 10.4 Å². The molecule has 29 heavy (non-hydrogen) atoms. The monoisotopic (exact) mass is 432 g/mol. The van der Waals surface area contributed by atoms with Gasteiger partial charge < -0.3 is 14.8 Å². The van der Waals surface area contributed by atoms with Gasteiger partial charge in [-0.05, 0) is 42.1 Å². The zero-order valence-corrected chi connectivity index (χ0v) is 17.4. The molecule has 0 saturated carbocycles. The van der Waals surface area contributed by atoms with E-state index >= 15 is 0 Å². The Morgan fingerprint density at radius 1 is 1.28 bits per heavy atom. The third kappa shape index (κ3) is 4.66. The van der Waals surface area contributed by atoms with Gasteiger partial charge in [-0.25, -0.2) is 0 Å². The Bertz CT molecular complexity index is 1090. The van der Waals surface area contributed by atoms with E-state index in [4.69, 9.17) is 11.6 Å². The van der Waals surface area contributed by atoms with Gasteiger partial charge in [0, 0.05) is 37.8 Å². The smallest absolute Gasteiger partial charge is 0.284 e. The SMILES string of the molecule is CN(C)c1ccc(Cl)cc1NC(=O)c1ccc(Sc2nncn2C)c([N+](=O)[O-])c1. The number of hydrogen-bond acceptors (Lipinski definition) is 7. The number of nitro benzene ring substituents is 1. The number of nitro groups is 1. The van der Waals surface area contributed by atoms with E-state index in [2.05, 4.69) is 15.5 Å². The van der Waals surface area contributed by atoms with Gasteiger partial charge in [-0.15, -0.1) is 10.2 Å². The molecule has 0 aliphatic rings. The Morgan fingerprint density at radius 2 is 2.03 bits per heavy atom. The van der Waals surface area contributed by atoms with Crippen LogP contribution in [-0.4, -0.2) is 39.7 Å². The fourth-order valence-corrected chi connectivity index (χ4v) is 3.57. The van der Waals surface area contributed by atoms with Crippen molar-refractivity contribution in [2.45, 2.75) is 10.1 Å². The molecule has 0 unspecified atom stereocenters. The minimum Gasteiger partial charge on any atom is -0.376 e. The summed E-state index contributed by atoms with van der Waals surface area (Å²) in [4.78, 5) is 25.9. The van der Waals surface area contributed by atoms with Crippen LogP contribution < -0.4 is 10.2 Å². The number of anilines is 2. The van der Waals surface area contributed by atoms with Crippen molar-refractivity contribution in [3.05, 3.63) is 63.4 Å². The second kappa shape index (κ2) is 8.50. The highest BCUT2D eigenvalue weighted by Gasteiger charge is 2.20. The number of carbonyl (C=O) groups excluding carboxylic acids is 1. The van der Waals surface area contributed by atoms with Crippen LogP contribution in [0.15, 0.2) is 52.8 Å². The van der Waals surface area contributed by atoms with E-state index in [-0.39, 0.29) is 11.3 Å². The van der Waals surface area contributed by atoms with Crippen LogP contribution in [0.2, 0.25) is 5.02 Å². The van der Waals surface area contributed by atoms with Gasteiger partial charge >= 0.3 is 0 Å². The third-order valence-corrected chi connectivity index (χ3v) is 5.33. The molecule has 11 heteroatoms. The number of halogens is 1. The maximum atomic E-state index is 12.7. The highest BCUT2D eigenvalue weighted by Crippen LogP contribution is 2.34. The molecular formula is C18H17ClN6O3S. The van der Waals surface area contributed by atoms with Gasteiger partial charge in [-0.1, -0.05) is 11.6 Å². The average Bonchev–Trinajstić information content (AvgIpc) is 3.06. The van der Waals surface area contributed by atoms with Crippen molar-refractivity contribution in [2.24, 2.45) is 7.05 Å². The van der Waals surface area contributed by atoms with Gasteiger partial charge in [0.05, 0.1) is 21.2 Å². The second-order valence-electron chi connectivity index (χ2n) is 6.28. The molecule has 1 amide bonds. The van der Waals surface area contributed by atoms with Crippen LogP contribution in [0.25, 0.3) is 0 Å². The quantitative estimate of drug-likeness (QED) is 0.465. The Labute approximate surface area is 175 Å². The predicted molar refractivity (Wildman–Crippen MR) is 112 cm³/mol. The van der Waals surface area contributed by atoms with E-state index < -0.39 is 10.8 Å². The summed E-state index contributed by atoms with van der Waals surface area (Å²) in [7, 11) is 5.41. The van der Waals surface area contributed by atoms with E-state index in [1.54, 1.807) is 29.8 Å². The molecule has 0 atom stereocenters. The topological polar surface area (TPSA) is 106 Å². The summed E-state index contributed by atoms with van der Waals surface area (Å²) in [6, 6.07) is 9.42. The largest absolute Gasteiger partial charge is 0.376 e. The Balaban J connectivity index is 1.90. The lowest BCUT2D eigenvalue weighted by Crippen LogP contribution is -2.17. The van der Waals surface area contributed by atoms with Crippen molar-refractivity contribution in [2.75, 3.05) is 24.3 Å². The van der Waals surface area contributed by atoms with Gasteiger partial charge in [0.15, 0.2) is 5.16 Å². The first-order valence-electron chi connectivity index (χ1n) is 8.35. The van der Waals surface area contributed by atoms with Crippen molar-refractivity contribution in [3.63, 3.8) is 0 Å². The van der Waals surface area contributed by atoms with Crippen molar-refractivity contribution in [1.82, 2.24) is 14.8 Å². The van der Waals surface area contributed by atoms with Crippen LogP contribution in [0.3, 0.4) is 0 Å². The lowest BCUT2D eigenvalue weighted by molar-refractivity contribution is -0.387. The highest BCUT2D eigenvalue weighted by atomic mass is 35.5. The van der Waals surface area contributed by atoms with Crippen molar-refractivity contribution < 1.29 is 9.72 Å². The van der Waals surface area contributed by atoms with Crippen LogP contribution in [0, 0.1) is 10.1 Å². The van der Waals surface area contributed by atoms with Crippen LogP contribution in [0.5, 0.6) is 0 Å². The van der Waals surface area contributed by atoms with Gasteiger partial charge in [0.1, 0.15) is 6.33 Å². The zero-order valence-electron chi connectivity index (χ0n) is 15.8.